The van der Waals surface area contributed by atoms with E-state index in [0.717, 1.165) is 36.6 Å². The Bertz CT molecular complexity index is 785. The number of H-pyrrole nitrogens is 1. The van der Waals surface area contributed by atoms with Gasteiger partial charge >= 0.3 is 0 Å². The van der Waals surface area contributed by atoms with Gasteiger partial charge in [0.15, 0.2) is 0 Å². The van der Waals surface area contributed by atoms with Crippen LogP contribution in [-0.4, -0.2) is 42.0 Å². The largest absolute Gasteiger partial charge is 0.367 e. The van der Waals surface area contributed by atoms with Gasteiger partial charge in [0.1, 0.15) is 0 Å². The Morgan fingerprint density at radius 2 is 1.91 bits per heavy atom. The molecular formula is C17H17N3OS. The lowest BCUT2D eigenvalue weighted by molar-refractivity contribution is 0.0752. The van der Waals surface area contributed by atoms with Crippen molar-refractivity contribution in [2.24, 2.45) is 0 Å². The Morgan fingerprint density at radius 3 is 2.68 bits per heavy atom. The molecule has 2 aromatic heterocycles. The minimum Gasteiger partial charge on any atom is -0.367 e. The van der Waals surface area contributed by atoms with Crippen molar-refractivity contribution in [2.45, 2.75) is 0 Å². The third-order valence-electron chi connectivity index (χ3n) is 4.21. The first kappa shape index (κ1) is 13.4. The molecule has 22 heavy (non-hydrogen) atoms. The van der Waals surface area contributed by atoms with Crippen LogP contribution in [0.3, 0.4) is 0 Å². The summed E-state index contributed by atoms with van der Waals surface area (Å²) in [4.78, 5) is 20.8. The standard InChI is InChI=1S/C17H17N3OS/c21-17(16-5-2-12-22-16)20-10-8-19(9-11-20)15-4-1-3-14-13(15)6-7-18-14/h1-7,12,18H,8-11H2. The summed E-state index contributed by atoms with van der Waals surface area (Å²) in [6.07, 6.45) is 1.98. The molecule has 112 valence electrons. The van der Waals surface area contributed by atoms with Crippen molar-refractivity contribution in [2.75, 3.05) is 31.1 Å². The Labute approximate surface area is 133 Å². The molecule has 0 saturated carbocycles. The van der Waals surface area contributed by atoms with Crippen LogP contribution in [0, 0.1) is 0 Å². The zero-order valence-corrected chi connectivity index (χ0v) is 13.0. The van der Waals surface area contributed by atoms with E-state index in [1.807, 2.05) is 28.6 Å². The fraction of sp³-hybridized carbons (Fsp3) is 0.235. The molecule has 3 heterocycles. The average Bonchev–Trinajstić information content (AvgIpc) is 3.25. The lowest BCUT2D eigenvalue weighted by Crippen LogP contribution is -2.48. The van der Waals surface area contributed by atoms with Crippen LogP contribution in [0.25, 0.3) is 10.9 Å². The Morgan fingerprint density at radius 1 is 1.05 bits per heavy atom. The minimum absolute atomic E-state index is 0.162. The van der Waals surface area contributed by atoms with Crippen molar-refractivity contribution >= 4 is 33.8 Å². The average molecular weight is 311 g/mol. The van der Waals surface area contributed by atoms with Crippen molar-refractivity contribution in [1.82, 2.24) is 9.88 Å². The second kappa shape index (κ2) is 5.50. The summed E-state index contributed by atoms with van der Waals surface area (Å²) in [5.41, 5.74) is 2.41. The van der Waals surface area contributed by atoms with Gasteiger partial charge in [-0.2, -0.15) is 0 Å². The van der Waals surface area contributed by atoms with Crippen LogP contribution >= 0.6 is 11.3 Å². The maximum atomic E-state index is 12.4. The number of nitrogens with zero attached hydrogens (tertiary/aromatic N) is 2. The smallest absolute Gasteiger partial charge is 0.264 e. The first-order chi connectivity index (χ1) is 10.8. The van der Waals surface area contributed by atoms with E-state index in [-0.39, 0.29) is 5.91 Å². The topological polar surface area (TPSA) is 39.3 Å². The monoisotopic (exact) mass is 311 g/mol. The zero-order valence-electron chi connectivity index (χ0n) is 12.2. The van der Waals surface area contributed by atoms with Crippen molar-refractivity contribution < 1.29 is 4.79 Å². The number of carbonyl (C=O) groups excluding carboxylic acids is 1. The lowest BCUT2D eigenvalue weighted by atomic mass is 10.1. The molecule has 0 unspecified atom stereocenters. The van der Waals surface area contributed by atoms with Gasteiger partial charge in [-0.05, 0) is 29.6 Å². The van der Waals surface area contributed by atoms with Gasteiger partial charge in [-0.25, -0.2) is 0 Å². The number of benzene rings is 1. The van der Waals surface area contributed by atoms with Crippen LogP contribution in [0.5, 0.6) is 0 Å². The summed E-state index contributed by atoms with van der Waals surface area (Å²) in [5, 5.41) is 3.20. The summed E-state index contributed by atoms with van der Waals surface area (Å²) in [7, 11) is 0. The molecule has 0 radical (unpaired) electrons. The number of anilines is 1. The highest BCUT2D eigenvalue weighted by atomic mass is 32.1. The molecule has 1 amide bonds. The minimum atomic E-state index is 0.162. The first-order valence-electron chi connectivity index (χ1n) is 7.47. The van der Waals surface area contributed by atoms with E-state index >= 15 is 0 Å². The molecule has 0 spiro atoms. The molecule has 0 aliphatic carbocycles. The molecule has 3 aromatic rings. The van der Waals surface area contributed by atoms with Gasteiger partial charge in [0.25, 0.3) is 5.91 Å². The van der Waals surface area contributed by atoms with E-state index < -0.39 is 0 Å². The van der Waals surface area contributed by atoms with Crippen molar-refractivity contribution in [3.63, 3.8) is 0 Å². The highest BCUT2D eigenvalue weighted by Gasteiger charge is 2.23. The van der Waals surface area contributed by atoms with E-state index in [2.05, 4.69) is 34.1 Å². The molecule has 1 aromatic carbocycles. The van der Waals surface area contributed by atoms with E-state index in [9.17, 15) is 4.79 Å². The first-order valence-corrected chi connectivity index (χ1v) is 8.35. The number of carbonyl (C=O) groups is 1. The van der Waals surface area contributed by atoms with Gasteiger partial charge in [0.2, 0.25) is 0 Å². The van der Waals surface area contributed by atoms with E-state index in [0.29, 0.717) is 0 Å². The van der Waals surface area contributed by atoms with Crippen molar-refractivity contribution in [3.05, 3.63) is 52.9 Å². The molecule has 0 atom stereocenters. The van der Waals surface area contributed by atoms with Crippen LogP contribution in [0.4, 0.5) is 5.69 Å². The second-order valence-electron chi connectivity index (χ2n) is 5.47. The number of nitrogens with one attached hydrogen (secondary N) is 1. The summed E-state index contributed by atoms with van der Waals surface area (Å²) in [6.45, 7) is 3.30. The van der Waals surface area contributed by atoms with Crippen LogP contribution < -0.4 is 4.90 Å². The number of aromatic amines is 1. The SMILES string of the molecule is O=C(c1cccs1)N1CCN(c2cccc3[nH]ccc23)CC1. The Kier molecular flexibility index (Phi) is 3.35. The van der Waals surface area contributed by atoms with Crippen LogP contribution in [0.2, 0.25) is 0 Å². The lowest BCUT2D eigenvalue weighted by Gasteiger charge is -2.36. The molecule has 5 heteroatoms. The predicted molar refractivity (Wildman–Crippen MR) is 90.7 cm³/mol. The molecule has 1 aliphatic heterocycles. The molecule has 1 fully saturated rings. The predicted octanol–water partition coefficient (Wildman–Crippen LogP) is 3.19. The highest BCUT2D eigenvalue weighted by molar-refractivity contribution is 7.12. The third kappa shape index (κ3) is 2.27. The van der Waals surface area contributed by atoms with Gasteiger partial charge in [0.05, 0.1) is 4.88 Å². The fourth-order valence-electron chi connectivity index (χ4n) is 3.05. The number of hydrogen-bond donors (Lipinski definition) is 1. The second-order valence-corrected chi connectivity index (χ2v) is 6.42. The van der Waals surface area contributed by atoms with Gasteiger partial charge < -0.3 is 14.8 Å². The number of rotatable bonds is 2. The summed E-state index contributed by atoms with van der Waals surface area (Å²) in [5.74, 6) is 0.162. The third-order valence-corrected chi connectivity index (χ3v) is 5.07. The number of piperazine rings is 1. The highest BCUT2D eigenvalue weighted by Crippen LogP contribution is 2.27. The normalized spacial score (nSPS) is 15.5. The molecular weight excluding hydrogens is 294 g/mol. The molecule has 4 rings (SSSR count). The zero-order chi connectivity index (χ0) is 14.9. The number of fused-ring (bicyclic) bond motifs is 1. The molecule has 1 aliphatic rings. The van der Waals surface area contributed by atoms with Crippen molar-refractivity contribution in [3.8, 4) is 0 Å². The maximum absolute atomic E-state index is 12.4. The Balaban J connectivity index is 1.50. The fourth-order valence-corrected chi connectivity index (χ4v) is 3.74. The number of hydrogen-bond acceptors (Lipinski definition) is 3. The summed E-state index contributed by atoms with van der Waals surface area (Å²) in [6, 6.07) is 12.3. The number of thiophene rings is 1. The van der Waals surface area contributed by atoms with Crippen LogP contribution in [0.1, 0.15) is 9.67 Å². The van der Waals surface area contributed by atoms with E-state index in [4.69, 9.17) is 0 Å². The molecule has 1 N–H and O–H groups in total. The van der Waals surface area contributed by atoms with Crippen LogP contribution in [0.15, 0.2) is 48.0 Å². The molecule has 4 nitrogen and oxygen atoms in total. The van der Waals surface area contributed by atoms with E-state index in [1.54, 1.807) is 0 Å². The van der Waals surface area contributed by atoms with Crippen LogP contribution in [-0.2, 0) is 0 Å². The van der Waals surface area contributed by atoms with Gasteiger partial charge in [-0.3, -0.25) is 4.79 Å². The summed E-state index contributed by atoms with van der Waals surface area (Å²) < 4.78 is 0. The number of amides is 1. The molecule has 0 bridgehead atoms. The van der Waals surface area contributed by atoms with Crippen molar-refractivity contribution in [1.29, 1.82) is 0 Å². The molecule has 1 saturated heterocycles. The van der Waals surface area contributed by atoms with E-state index in [1.165, 1.54) is 22.4 Å². The summed E-state index contributed by atoms with van der Waals surface area (Å²) >= 11 is 1.52. The number of aromatic nitrogens is 1. The maximum Gasteiger partial charge on any atom is 0.264 e. The van der Waals surface area contributed by atoms with Gasteiger partial charge in [0, 0.05) is 49.0 Å². The quantitative estimate of drug-likeness (QED) is 0.789. The van der Waals surface area contributed by atoms with Gasteiger partial charge in [-0.1, -0.05) is 12.1 Å². The van der Waals surface area contributed by atoms with Gasteiger partial charge in [-0.15, -0.1) is 11.3 Å². The Hall–Kier alpha value is -2.27.